The molecule has 7 nitrogen and oxygen atoms in total. The SMILES string of the molecule is Nc1nc(OC(c2ccc(-c3ccccc3)s2)C(F)(F)F)cc(-c2ccc(C[C@H](N)C(=O)O)cc2)n1. The molecule has 0 bridgehead atoms. The van der Waals surface area contributed by atoms with Crippen molar-refractivity contribution >= 4 is 23.3 Å². The Morgan fingerprint density at radius 2 is 1.69 bits per heavy atom. The number of hydrogen-bond acceptors (Lipinski definition) is 7. The predicted molar refractivity (Wildman–Crippen MR) is 130 cm³/mol. The molecule has 4 rings (SSSR count). The zero-order valence-electron chi connectivity index (χ0n) is 18.6. The van der Waals surface area contributed by atoms with Gasteiger partial charge in [0, 0.05) is 16.5 Å². The van der Waals surface area contributed by atoms with Gasteiger partial charge >= 0.3 is 12.1 Å². The number of nitrogens with two attached hydrogens (primary N) is 2. The molecule has 2 atom stereocenters. The molecule has 4 aromatic rings. The summed E-state index contributed by atoms with van der Waals surface area (Å²) < 4.78 is 47.3. The van der Waals surface area contributed by atoms with Gasteiger partial charge in [-0.05, 0) is 29.7 Å². The first kappa shape index (κ1) is 25.1. The molecule has 5 N–H and O–H groups in total. The van der Waals surface area contributed by atoms with Crippen LogP contribution in [0.5, 0.6) is 5.88 Å². The van der Waals surface area contributed by atoms with E-state index in [9.17, 15) is 18.0 Å². The van der Waals surface area contributed by atoms with Gasteiger partial charge in [-0.2, -0.15) is 18.2 Å². The average molecular weight is 515 g/mol. The molecule has 0 aliphatic rings. The van der Waals surface area contributed by atoms with Gasteiger partial charge in [-0.15, -0.1) is 11.3 Å². The van der Waals surface area contributed by atoms with E-state index in [4.69, 9.17) is 21.3 Å². The number of anilines is 1. The van der Waals surface area contributed by atoms with Gasteiger partial charge in [-0.1, -0.05) is 54.6 Å². The lowest BCUT2D eigenvalue weighted by Crippen LogP contribution is -2.32. The highest BCUT2D eigenvalue weighted by atomic mass is 32.1. The number of thiophene rings is 1. The monoisotopic (exact) mass is 514 g/mol. The Hall–Kier alpha value is -3.96. The standard InChI is InChI=1S/C25H21F3N4O3S/c26-25(27,28)22(20-11-10-19(36-20)16-4-2-1-3-5-16)35-21-13-18(31-24(30)32-21)15-8-6-14(7-9-15)12-17(29)23(33)34/h1-11,13,17,22H,12,29H2,(H,33,34)(H2,30,31,32)/t17-,22?/m0/s1. The second kappa shape index (κ2) is 10.3. The van der Waals surface area contributed by atoms with E-state index < -0.39 is 24.3 Å². The quantitative estimate of drug-likeness (QED) is 0.299. The van der Waals surface area contributed by atoms with Crippen LogP contribution in [0.25, 0.3) is 21.7 Å². The van der Waals surface area contributed by atoms with Gasteiger partial charge in [0.2, 0.25) is 17.9 Å². The van der Waals surface area contributed by atoms with Gasteiger partial charge in [0.05, 0.1) is 10.6 Å². The second-order valence-corrected chi connectivity index (χ2v) is 9.02. The zero-order chi connectivity index (χ0) is 25.9. The van der Waals surface area contributed by atoms with Crippen LogP contribution in [0.1, 0.15) is 16.5 Å². The molecule has 1 unspecified atom stereocenters. The molecular formula is C25H21F3N4O3S. The molecule has 0 fully saturated rings. The fourth-order valence-electron chi connectivity index (χ4n) is 3.46. The Morgan fingerprint density at radius 1 is 1.00 bits per heavy atom. The Labute approximate surface area is 208 Å². The van der Waals surface area contributed by atoms with E-state index in [1.54, 1.807) is 30.3 Å². The zero-order valence-corrected chi connectivity index (χ0v) is 19.5. The highest BCUT2D eigenvalue weighted by molar-refractivity contribution is 7.15. The minimum Gasteiger partial charge on any atom is -0.480 e. The molecule has 11 heteroatoms. The number of alkyl halides is 3. The summed E-state index contributed by atoms with van der Waals surface area (Å²) in [5.74, 6) is -1.70. The number of ether oxygens (including phenoxy) is 1. The third-order valence-corrected chi connectivity index (χ3v) is 6.40. The Kier molecular flexibility index (Phi) is 7.22. The van der Waals surface area contributed by atoms with Crippen molar-refractivity contribution in [2.24, 2.45) is 5.73 Å². The van der Waals surface area contributed by atoms with Crippen LogP contribution in [-0.2, 0) is 11.2 Å². The fourth-order valence-corrected chi connectivity index (χ4v) is 4.53. The van der Waals surface area contributed by atoms with Crippen molar-refractivity contribution in [2.45, 2.75) is 24.7 Å². The summed E-state index contributed by atoms with van der Waals surface area (Å²) in [5.41, 5.74) is 13.6. The maximum Gasteiger partial charge on any atom is 0.430 e. The van der Waals surface area contributed by atoms with Gasteiger partial charge in [0.1, 0.15) is 6.04 Å². The number of nitrogens with zero attached hydrogens (tertiary/aromatic N) is 2. The summed E-state index contributed by atoms with van der Waals surface area (Å²) in [7, 11) is 0. The number of halogens is 3. The molecule has 0 radical (unpaired) electrons. The van der Waals surface area contributed by atoms with Crippen LogP contribution < -0.4 is 16.2 Å². The molecule has 2 aromatic heterocycles. The number of carbonyl (C=O) groups is 1. The molecule has 0 aliphatic heterocycles. The minimum absolute atomic E-state index is 0.0285. The van der Waals surface area contributed by atoms with Gasteiger partial charge in [0.25, 0.3) is 0 Å². The number of aliphatic carboxylic acids is 1. The van der Waals surface area contributed by atoms with Gasteiger partial charge < -0.3 is 21.3 Å². The summed E-state index contributed by atoms with van der Waals surface area (Å²) in [4.78, 5) is 19.5. The molecule has 36 heavy (non-hydrogen) atoms. The number of carboxylic acid groups (broad SMARTS) is 1. The highest BCUT2D eigenvalue weighted by Crippen LogP contribution is 2.41. The van der Waals surface area contributed by atoms with E-state index in [0.29, 0.717) is 16.0 Å². The lowest BCUT2D eigenvalue weighted by Gasteiger charge is -2.20. The number of carboxylic acids is 1. The van der Waals surface area contributed by atoms with E-state index in [0.717, 1.165) is 16.9 Å². The number of benzene rings is 2. The van der Waals surface area contributed by atoms with Crippen molar-refractivity contribution in [3.63, 3.8) is 0 Å². The number of hydrogen-bond donors (Lipinski definition) is 3. The van der Waals surface area contributed by atoms with Crippen molar-refractivity contribution in [3.05, 3.63) is 83.2 Å². The van der Waals surface area contributed by atoms with Crippen molar-refractivity contribution in [2.75, 3.05) is 5.73 Å². The van der Waals surface area contributed by atoms with Crippen molar-refractivity contribution in [1.29, 1.82) is 0 Å². The minimum atomic E-state index is -4.71. The molecule has 0 saturated heterocycles. The van der Waals surface area contributed by atoms with E-state index in [-0.39, 0.29) is 28.8 Å². The van der Waals surface area contributed by atoms with Crippen molar-refractivity contribution < 1.29 is 27.8 Å². The molecule has 0 saturated carbocycles. The number of aromatic nitrogens is 2. The second-order valence-electron chi connectivity index (χ2n) is 7.90. The summed E-state index contributed by atoms with van der Waals surface area (Å²) >= 11 is 0.982. The number of rotatable bonds is 8. The third kappa shape index (κ3) is 5.99. The lowest BCUT2D eigenvalue weighted by molar-refractivity contribution is -0.197. The van der Waals surface area contributed by atoms with E-state index in [1.165, 1.54) is 12.1 Å². The largest absolute Gasteiger partial charge is 0.480 e. The molecule has 0 spiro atoms. The maximum absolute atomic E-state index is 14.0. The molecule has 186 valence electrons. The smallest absolute Gasteiger partial charge is 0.430 e. The van der Waals surface area contributed by atoms with Crippen LogP contribution in [0.2, 0.25) is 0 Å². The summed E-state index contributed by atoms with van der Waals surface area (Å²) in [6, 6.07) is 18.9. The van der Waals surface area contributed by atoms with Crippen molar-refractivity contribution in [3.8, 4) is 27.6 Å². The summed E-state index contributed by atoms with van der Waals surface area (Å²) in [6.45, 7) is 0. The third-order valence-electron chi connectivity index (χ3n) is 5.22. The van der Waals surface area contributed by atoms with Crippen LogP contribution in [-0.4, -0.2) is 33.3 Å². The van der Waals surface area contributed by atoms with E-state index >= 15 is 0 Å². The van der Waals surface area contributed by atoms with Crippen LogP contribution >= 0.6 is 11.3 Å². The van der Waals surface area contributed by atoms with E-state index in [2.05, 4.69) is 9.97 Å². The van der Waals surface area contributed by atoms with Crippen LogP contribution in [0.4, 0.5) is 19.1 Å². The topological polar surface area (TPSA) is 124 Å². The molecule has 2 heterocycles. The van der Waals surface area contributed by atoms with Crippen LogP contribution in [0.15, 0.2) is 72.8 Å². The Balaban J connectivity index is 1.59. The molecule has 0 aliphatic carbocycles. The van der Waals surface area contributed by atoms with Gasteiger partial charge in [-0.3, -0.25) is 4.79 Å². The van der Waals surface area contributed by atoms with Crippen LogP contribution in [0.3, 0.4) is 0 Å². The van der Waals surface area contributed by atoms with E-state index in [1.807, 2.05) is 30.3 Å². The van der Waals surface area contributed by atoms with Crippen molar-refractivity contribution in [1.82, 2.24) is 9.97 Å². The fraction of sp³-hybridized carbons (Fsp3) is 0.160. The first-order valence-electron chi connectivity index (χ1n) is 10.7. The summed E-state index contributed by atoms with van der Waals surface area (Å²) in [6.07, 6.45) is -6.83. The maximum atomic E-state index is 14.0. The lowest BCUT2D eigenvalue weighted by atomic mass is 10.0. The normalized spacial score (nSPS) is 13.2. The molecular weight excluding hydrogens is 493 g/mol. The predicted octanol–water partition coefficient (Wildman–Crippen LogP) is 5.09. The highest BCUT2D eigenvalue weighted by Gasteiger charge is 2.44. The number of nitrogen functional groups attached to an aromatic ring is 1. The summed E-state index contributed by atoms with van der Waals surface area (Å²) in [5, 5.41) is 8.96. The average Bonchev–Trinajstić information content (AvgIpc) is 3.32. The first-order valence-corrected chi connectivity index (χ1v) is 11.5. The Bertz CT molecular complexity index is 1340. The van der Waals surface area contributed by atoms with Crippen LogP contribution in [0, 0.1) is 0 Å². The first-order chi connectivity index (χ1) is 17.1. The Morgan fingerprint density at radius 3 is 2.33 bits per heavy atom. The van der Waals surface area contributed by atoms with Gasteiger partial charge in [0.15, 0.2) is 0 Å². The molecule has 0 amide bonds. The van der Waals surface area contributed by atoms with Gasteiger partial charge in [-0.25, -0.2) is 4.98 Å². The molecule has 2 aromatic carbocycles.